The average molecular weight is 829 g/mol. The van der Waals surface area contributed by atoms with Crippen molar-refractivity contribution < 1.29 is 49.6 Å². The topological polar surface area (TPSA) is 194 Å². The zero-order valence-electron chi connectivity index (χ0n) is 34.0. The van der Waals surface area contributed by atoms with Gasteiger partial charge in [-0.3, -0.25) is 0 Å². The van der Waals surface area contributed by atoms with Crippen LogP contribution in [0.4, 0.5) is 0 Å². The van der Waals surface area contributed by atoms with Crippen LogP contribution in [0.25, 0.3) is 32.4 Å². The molecule has 8 N–H and O–H groups in total. The Morgan fingerprint density at radius 3 is 2.51 bits per heavy atom. The maximum absolute atomic E-state index is 15.0. The molecule has 0 amide bonds. The Balaban J connectivity index is 1.01. The molecule has 0 bridgehead atoms. The number of H-pyrrole nitrogens is 1. The number of aliphatic hydroxyl groups excluding tert-OH is 3. The van der Waals surface area contributed by atoms with E-state index in [0.29, 0.717) is 30.3 Å². The number of hydrogen-bond donors (Lipinski definition) is 8. The highest BCUT2D eigenvalue weighted by molar-refractivity contribution is 6.14. The van der Waals surface area contributed by atoms with Gasteiger partial charge < -0.3 is 55.2 Å². The van der Waals surface area contributed by atoms with Crippen LogP contribution in [0.3, 0.4) is 0 Å². The van der Waals surface area contributed by atoms with E-state index in [2.05, 4.69) is 22.4 Å². The summed E-state index contributed by atoms with van der Waals surface area (Å²) >= 11 is 0. The van der Waals surface area contributed by atoms with Crippen molar-refractivity contribution in [2.24, 2.45) is 35.0 Å². The number of aromatic amines is 1. The molecule has 5 aromatic rings. The number of carbonyl (C=O) groups is 1. The molecule has 1 aromatic heterocycles. The third-order valence-corrected chi connectivity index (χ3v) is 17.1. The predicted molar refractivity (Wildman–Crippen MR) is 224 cm³/mol. The normalized spacial score (nSPS) is 40.6. The number of phenolic OH excluding ortho intramolecular Hbond substituents is 1. The van der Waals surface area contributed by atoms with Crippen LogP contribution in [0.1, 0.15) is 55.3 Å². The highest BCUT2D eigenvalue weighted by atomic mass is 16.7. The molecule has 0 radical (unpaired) electrons. The van der Waals surface area contributed by atoms with Crippen LogP contribution < -0.4 is 10.1 Å². The van der Waals surface area contributed by atoms with Gasteiger partial charge in [-0.15, -0.1) is 0 Å². The van der Waals surface area contributed by atoms with Crippen LogP contribution >= 0.6 is 0 Å². The van der Waals surface area contributed by atoms with Crippen LogP contribution in [-0.4, -0.2) is 97.1 Å². The fourth-order valence-electron chi connectivity index (χ4n) is 15.0. The third kappa shape index (κ3) is 4.64. The van der Waals surface area contributed by atoms with Crippen LogP contribution in [0.2, 0.25) is 0 Å². The van der Waals surface area contributed by atoms with E-state index in [1.54, 1.807) is 12.1 Å². The molecule has 0 unspecified atom stereocenters. The van der Waals surface area contributed by atoms with Gasteiger partial charge in [-0.1, -0.05) is 48.6 Å². The molecule has 2 aliphatic heterocycles. The lowest BCUT2D eigenvalue weighted by Crippen LogP contribution is -2.77. The molecule has 12 nitrogen and oxygen atoms in total. The number of ether oxygens (including phenoxy) is 3. The van der Waals surface area contributed by atoms with Crippen molar-refractivity contribution in [3.63, 3.8) is 0 Å². The van der Waals surface area contributed by atoms with Gasteiger partial charge in [0.1, 0.15) is 18.0 Å². The SMILES string of the molecule is CNC[C@H]1C[C@H]2[C@@H]3C=C[C@@H](O)[C@]4(O)O[C@@H](C(=O)Oc5c(CO)[nH]c6ccc7cc8ccccc8cc7c56)[C@H](O[C@@H]2[C@]2(CC[C@H]5CC[C@H]6CCc7cc(O)ccc7[C@]652)[C@H]1O)[C@]34O. The number of aliphatic hydroxyl groups is 5. The average Bonchev–Trinajstić information content (AvgIpc) is 3.98. The Labute approximate surface area is 352 Å². The zero-order valence-corrected chi connectivity index (χ0v) is 34.0. The predicted octanol–water partition coefficient (Wildman–Crippen LogP) is 4.62. The molecule has 5 aliphatic carbocycles. The van der Waals surface area contributed by atoms with Crippen molar-refractivity contribution in [3.05, 3.63) is 95.7 Å². The quantitative estimate of drug-likeness (QED) is 0.0701. The lowest BCUT2D eigenvalue weighted by molar-refractivity contribution is -0.350. The summed E-state index contributed by atoms with van der Waals surface area (Å²) in [4.78, 5) is 18.2. The molecular formula is C49H52N2O10. The van der Waals surface area contributed by atoms with E-state index < -0.39 is 77.1 Å². The number of nitrogens with one attached hydrogen (secondary N) is 2. The van der Waals surface area contributed by atoms with Crippen molar-refractivity contribution >= 4 is 38.4 Å². The Kier molecular flexibility index (Phi) is 8.22. The first-order chi connectivity index (χ1) is 29.5. The number of aromatic nitrogens is 1. The molecular weight excluding hydrogens is 777 g/mol. The van der Waals surface area contributed by atoms with Gasteiger partial charge in [-0.05, 0) is 139 Å². The first kappa shape index (κ1) is 38.3. The summed E-state index contributed by atoms with van der Waals surface area (Å²) < 4.78 is 19.9. The molecule has 4 aromatic carbocycles. The third-order valence-electron chi connectivity index (χ3n) is 17.1. The fourth-order valence-corrected chi connectivity index (χ4v) is 15.0. The summed E-state index contributed by atoms with van der Waals surface area (Å²) in [7, 11) is 1.87. The summed E-state index contributed by atoms with van der Waals surface area (Å²) in [5.74, 6) is -4.34. The minimum Gasteiger partial charge on any atom is -0.508 e. The number of carbonyl (C=O) groups excluding carboxylic acids is 1. The smallest absolute Gasteiger partial charge is 0.343 e. The van der Waals surface area contributed by atoms with Gasteiger partial charge in [0.15, 0.2) is 17.5 Å². The largest absolute Gasteiger partial charge is 0.508 e. The van der Waals surface area contributed by atoms with Crippen molar-refractivity contribution in [1.82, 2.24) is 10.3 Å². The first-order valence-electron chi connectivity index (χ1n) is 22.1. The monoisotopic (exact) mass is 828 g/mol. The first-order valence-corrected chi connectivity index (χ1v) is 22.1. The number of fused-ring (bicyclic) bond motifs is 8. The molecule has 61 heavy (non-hydrogen) atoms. The summed E-state index contributed by atoms with van der Waals surface area (Å²) in [5.41, 5.74) is -0.555. The van der Waals surface area contributed by atoms with Gasteiger partial charge >= 0.3 is 5.97 Å². The summed E-state index contributed by atoms with van der Waals surface area (Å²) in [6.45, 7) is 0.0386. The van der Waals surface area contributed by atoms with Crippen molar-refractivity contribution in [1.29, 1.82) is 0 Å². The highest BCUT2D eigenvalue weighted by Crippen LogP contribution is 2.76. The van der Waals surface area contributed by atoms with Crippen LogP contribution in [0.5, 0.6) is 11.5 Å². The minimum absolute atomic E-state index is 0.0950. The van der Waals surface area contributed by atoms with E-state index in [9.17, 15) is 35.4 Å². The molecule has 12 heteroatoms. The maximum Gasteiger partial charge on any atom is 0.343 e. The molecule has 5 fully saturated rings. The van der Waals surface area contributed by atoms with E-state index in [-0.39, 0.29) is 34.9 Å². The number of phenols is 1. The van der Waals surface area contributed by atoms with E-state index in [0.717, 1.165) is 64.8 Å². The Hall–Kier alpha value is -4.37. The molecule has 318 valence electrons. The summed E-state index contributed by atoms with van der Waals surface area (Å²) in [6.07, 6.45) is 2.43. The number of esters is 1. The molecule has 3 heterocycles. The second kappa shape index (κ2) is 13.1. The van der Waals surface area contributed by atoms with Gasteiger partial charge in [0.25, 0.3) is 0 Å². The maximum atomic E-state index is 15.0. The van der Waals surface area contributed by atoms with Gasteiger partial charge in [0, 0.05) is 23.3 Å². The van der Waals surface area contributed by atoms with Gasteiger partial charge in [-0.25, -0.2) is 4.79 Å². The Morgan fingerprint density at radius 1 is 0.934 bits per heavy atom. The minimum atomic E-state index is -2.64. The zero-order chi connectivity index (χ0) is 41.8. The van der Waals surface area contributed by atoms with Gasteiger partial charge in [0.05, 0.1) is 35.4 Å². The van der Waals surface area contributed by atoms with E-state index in [1.165, 1.54) is 6.08 Å². The second-order valence-electron chi connectivity index (χ2n) is 19.3. The Morgan fingerprint density at radius 2 is 1.72 bits per heavy atom. The van der Waals surface area contributed by atoms with Crippen molar-refractivity contribution in [2.75, 3.05) is 13.6 Å². The lowest BCUT2D eigenvalue weighted by atomic mass is 9.42. The molecule has 7 aliphatic rings. The van der Waals surface area contributed by atoms with Gasteiger partial charge in [-0.2, -0.15) is 0 Å². The van der Waals surface area contributed by atoms with Crippen LogP contribution in [-0.2, 0) is 32.7 Å². The van der Waals surface area contributed by atoms with E-state index in [1.807, 2.05) is 55.6 Å². The molecule has 2 spiro atoms. The van der Waals surface area contributed by atoms with Crippen LogP contribution in [0, 0.1) is 35.0 Å². The fraction of sp³-hybridized carbons (Fsp3) is 0.490. The lowest BCUT2D eigenvalue weighted by Gasteiger charge is -2.67. The van der Waals surface area contributed by atoms with Gasteiger partial charge in [0.2, 0.25) is 5.79 Å². The number of aromatic hydroxyl groups is 1. The Bertz CT molecular complexity index is 2680. The number of benzene rings is 4. The number of hydrogen-bond acceptors (Lipinski definition) is 11. The number of aryl methyl sites for hydroxylation is 1. The van der Waals surface area contributed by atoms with Crippen LogP contribution in [0.15, 0.2) is 78.9 Å². The molecule has 14 atom stereocenters. The highest BCUT2D eigenvalue weighted by Gasteiger charge is 2.82. The molecule has 2 saturated heterocycles. The molecule has 3 saturated carbocycles. The standard InChI is InChI=1S/C49H52N2O10/c1-50-22-28-21-33-35-13-15-38(54)49(58)48(35,57)44(60-43(33)46(42(28)55)17-16-30-10-9-29-8-6-27-19-31(53)11-12-34(27)47(29,30)46)41(61-49)45(56)59-40-37(23-52)51-36-14-7-26-18-24-4-2-3-5-25(24)20-32(26)39(36)40/h2-5,7,11-15,18-20,28-30,33,35,38,41-44,50-55,57-58H,6,8-10,16-17,21-23H2,1H3/t28-,29-,30-,33+,35+,38-,41-,42+,43+,44+,46+,47+,48-,49+/m1/s1. The van der Waals surface area contributed by atoms with E-state index in [4.69, 9.17) is 14.2 Å². The van der Waals surface area contributed by atoms with Crippen molar-refractivity contribution in [2.45, 2.75) is 98.9 Å². The number of rotatable bonds is 5. The second-order valence-corrected chi connectivity index (χ2v) is 19.3. The van der Waals surface area contributed by atoms with E-state index >= 15 is 0 Å². The summed E-state index contributed by atoms with van der Waals surface area (Å²) in [5, 5.41) is 79.2. The summed E-state index contributed by atoms with van der Waals surface area (Å²) in [6, 6.07) is 21.6. The van der Waals surface area contributed by atoms with Crippen molar-refractivity contribution in [3.8, 4) is 11.5 Å². The molecule has 12 rings (SSSR count).